The van der Waals surface area contributed by atoms with Gasteiger partial charge in [-0.05, 0) is 18.1 Å². The van der Waals surface area contributed by atoms with E-state index in [0.717, 1.165) is 5.69 Å². The van der Waals surface area contributed by atoms with E-state index in [1.165, 1.54) is 4.90 Å². The summed E-state index contributed by atoms with van der Waals surface area (Å²) in [5.41, 5.74) is 0.852. The van der Waals surface area contributed by atoms with Crippen LogP contribution in [0, 0.1) is 11.3 Å². The lowest BCUT2D eigenvalue weighted by Gasteiger charge is -2.25. The van der Waals surface area contributed by atoms with Crippen LogP contribution in [0.1, 0.15) is 13.8 Å². The summed E-state index contributed by atoms with van der Waals surface area (Å²) in [6, 6.07) is 9.24. The molecule has 4 heteroatoms. The molecule has 1 N–H and O–H groups in total. The quantitative estimate of drug-likeness (QED) is 0.835. The van der Waals surface area contributed by atoms with Crippen molar-refractivity contribution in [3.63, 3.8) is 0 Å². The highest BCUT2D eigenvalue weighted by Crippen LogP contribution is 2.28. The van der Waals surface area contributed by atoms with E-state index < -0.39 is 0 Å². The van der Waals surface area contributed by atoms with Crippen LogP contribution in [0.5, 0.6) is 0 Å². The molecular formula is C13H17N3O. The zero-order valence-corrected chi connectivity index (χ0v) is 10.3. The molecule has 1 aliphatic heterocycles. The number of para-hydroxylation sites is 1. The summed E-state index contributed by atoms with van der Waals surface area (Å²) in [7, 11) is 1.66. The predicted molar refractivity (Wildman–Crippen MR) is 68.4 cm³/mol. The van der Waals surface area contributed by atoms with Crippen molar-refractivity contribution in [2.45, 2.75) is 19.9 Å². The second-order valence-electron chi connectivity index (χ2n) is 4.62. The lowest BCUT2D eigenvalue weighted by atomic mass is 10.0. The lowest BCUT2D eigenvalue weighted by molar-refractivity contribution is 0.237. The molecule has 2 amide bonds. The summed E-state index contributed by atoms with van der Waals surface area (Å²) in [5.74, 6) is 0.588. The van der Waals surface area contributed by atoms with Gasteiger partial charge in [-0.1, -0.05) is 32.0 Å². The number of carbonyl (C=O) groups excluding carboxylic acids is 1. The molecule has 1 heterocycles. The molecule has 1 fully saturated rings. The Labute approximate surface area is 101 Å². The number of rotatable bonds is 2. The summed E-state index contributed by atoms with van der Waals surface area (Å²) >= 11 is 0. The van der Waals surface area contributed by atoms with Crippen molar-refractivity contribution in [2.24, 2.45) is 5.92 Å². The second kappa shape index (κ2) is 4.20. The average Bonchev–Trinajstić information content (AvgIpc) is 2.55. The fourth-order valence-electron chi connectivity index (χ4n) is 2.18. The minimum Gasteiger partial charge on any atom is -0.286 e. The summed E-state index contributed by atoms with van der Waals surface area (Å²) < 4.78 is 0. The standard InChI is InChI=1S/C13H17N3O/c1-9(2)11-12(14)15(3)13(17)16(11)10-7-5-4-6-8-10/h4-9,11,14H,1-3H3. The van der Waals surface area contributed by atoms with E-state index in [-0.39, 0.29) is 18.0 Å². The minimum atomic E-state index is -0.171. The fraction of sp³-hybridized carbons (Fsp3) is 0.385. The smallest absolute Gasteiger partial charge is 0.286 e. The van der Waals surface area contributed by atoms with Gasteiger partial charge in [-0.3, -0.25) is 15.2 Å². The topological polar surface area (TPSA) is 47.4 Å². The van der Waals surface area contributed by atoms with Gasteiger partial charge in [0.25, 0.3) is 0 Å². The Morgan fingerprint density at radius 3 is 2.35 bits per heavy atom. The number of urea groups is 1. The van der Waals surface area contributed by atoms with Crippen LogP contribution in [0.2, 0.25) is 0 Å². The van der Waals surface area contributed by atoms with Crippen LogP contribution in [0.4, 0.5) is 10.5 Å². The number of hydrogen-bond donors (Lipinski definition) is 1. The van der Waals surface area contributed by atoms with Gasteiger partial charge in [-0.15, -0.1) is 0 Å². The average molecular weight is 231 g/mol. The highest BCUT2D eigenvalue weighted by molar-refractivity contribution is 6.15. The highest BCUT2D eigenvalue weighted by Gasteiger charge is 2.42. The molecule has 0 aromatic heterocycles. The Bertz CT molecular complexity index is 441. The monoisotopic (exact) mass is 231 g/mol. The molecule has 1 atom stereocenters. The van der Waals surface area contributed by atoms with E-state index in [1.54, 1.807) is 11.9 Å². The van der Waals surface area contributed by atoms with Gasteiger partial charge in [0.1, 0.15) is 5.84 Å². The van der Waals surface area contributed by atoms with Crippen LogP contribution < -0.4 is 4.90 Å². The van der Waals surface area contributed by atoms with Gasteiger partial charge in [0.05, 0.1) is 6.04 Å². The molecule has 0 saturated carbocycles. The molecule has 1 unspecified atom stereocenters. The SMILES string of the molecule is CC(C)C1C(=N)N(C)C(=O)N1c1ccccc1. The van der Waals surface area contributed by atoms with Gasteiger partial charge in [0.15, 0.2) is 0 Å². The van der Waals surface area contributed by atoms with E-state index >= 15 is 0 Å². The van der Waals surface area contributed by atoms with Crippen LogP contribution in [0.25, 0.3) is 0 Å². The minimum absolute atomic E-state index is 0.125. The summed E-state index contributed by atoms with van der Waals surface area (Å²) in [6.07, 6.45) is 0. The molecule has 4 nitrogen and oxygen atoms in total. The Balaban J connectivity index is 2.44. The van der Waals surface area contributed by atoms with Crippen LogP contribution in [0.15, 0.2) is 30.3 Å². The van der Waals surface area contributed by atoms with Crippen molar-refractivity contribution in [2.75, 3.05) is 11.9 Å². The first kappa shape index (κ1) is 11.6. The Hall–Kier alpha value is -1.84. The number of hydrogen-bond acceptors (Lipinski definition) is 2. The maximum atomic E-state index is 12.1. The van der Waals surface area contributed by atoms with Crippen molar-refractivity contribution in [3.05, 3.63) is 30.3 Å². The molecule has 1 saturated heterocycles. The largest absolute Gasteiger partial charge is 0.330 e. The second-order valence-corrected chi connectivity index (χ2v) is 4.62. The van der Waals surface area contributed by atoms with Gasteiger partial charge in [-0.2, -0.15) is 0 Å². The number of carbonyl (C=O) groups is 1. The van der Waals surface area contributed by atoms with E-state index in [4.69, 9.17) is 5.41 Å². The molecule has 0 spiro atoms. The molecule has 2 rings (SSSR count). The van der Waals surface area contributed by atoms with E-state index in [1.807, 2.05) is 44.2 Å². The first-order valence-electron chi connectivity index (χ1n) is 5.74. The van der Waals surface area contributed by atoms with Crippen molar-refractivity contribution >= 4 is 17.6 Å². The van der Waals surface area contributed by atoms with Gasteiger partial charge in [0, 0.05) is 12.7 Å². The van der Waals surface area contributed by atoms with Crippen LogP contribution in [-0.2, 0) is 0 Å². The van der Waals surface area contributed by atoms with Crippen LogP contribution in [0.3, 0.4) is 0 Å². The Kier molecular flexibility index (Phi) is 2.88. The summed E-state index contributed by atoms with van der Waals surface area (Å²) in [4.78, 5) is 15.3. The number of nitrogens with one attached hydrogen (secondary N) is 1. The third-order valence-corrected chi connectivity index (χ3v) is 3.08. The molecule has 0 bridgehead atoms. The summed E-state index contributed by atoms with van der Waals surface area (Å²) in [6.45, 7) is 4.06. The number of likely N-dealkylation sites (N-methyl/N-ethyl adjacent to an activating group) is 1. The third-order valence-electron chi connectivity index (χ3n) is 3.08. The highest BCUT2D eigenvalue weighted by atomic mass is 16.2. The zero-order chi connectivity index (χ0) is 12.6. The van der Waals surface area contributed by atoms with E-state index in [9.17, 15) is 4.79 Å². The van der Waals surface area contributed by atoms with Crippen molar-refractivity contribution in [1.82, 2.24) is 4.90 Å². The number of benzene rings is 1. The maximum absolute atomic E-state index is 12.1. The van der Waals surface area contributed by atoms with Gasteiger partial charge in [0.2, 0.25) is 0 Å². The number of amidine groups is 1. The number of amides is 2. The van der Waals surface area contributed by atoms with Crippen LogP contribution >= 0.6 is 0 Å². The van der Waals surface area contributed by atoms with Crippen molar-refractivity contribution < 1.29 is 4.79 Å². The Morgan fingerprint density at radius 2 is 1.82 bits per heavy atom. The molecule has 1 aromatic carbocycles. The van der Waals surface area contributed by atoms with Crippen molar-refractivity contribution in [3.8, 4) is 0 Å². The maximum Gasteiger partial charge on any atom is 0.330 e. The molecule has 1 aliphatic rings. The molecule has 0 radical (unpaired) electrons. The van der Waals surface area contributed by atoms with Crippen molar-refractivity contribution in [1.29, 1.82) is 5.41 Å². The van der Waals surface area contributed by atoms with E-state index in [0.29, 0.717) is 5.84 Å². The first-order valence-corrected chi connectivity index (χ1v) is 5.74. The summed E-state index contributed by atoms with van der Waals surface area (Å²) in [5, 5.41) is 8.02. The molecular weight excluding hydrogens is 214 g/mol. The van der Waals surface area contributed by atoms with Crippen LogP contribution in [-0.4, -0.2) is 29.9 Å². The van der Waals surface area contributed by atoms with Gasteiger partial charge in [-0.25, -0.2) is 4.79 Å². The van der Waals surface area contributed by atoms with E-state index in [2.05, 4.69) is 0 Å². The first-order chi connectivity index (χ1) is 8.04. The number of nitrogens with zero attached hydrogens (tertiary/aromatic N) is 2. The number of anilines is 1. The molecule has 17 heavy (non-hydrogen) atoms. The molecule has 1 aromatic rings. The third kappa shape index (κ3) is 1.79. The predicted octanol–water partition coefficient (Wildman–Crippen LogP) is 2.56. The Morgan fingerprint density at radius 1 is 1.24 bits per heavy atom. The normalized spacial score (nSPS) is 20.6. The molecule has 90 valence electrons. The van der Waals surface area contributed by atoms with Gasteiger partial charge < -0.3 is 0 Å². The lowest BCUT2D eigenvalue weighted by Crippen LogP contribution is -2.38. The fourth-order valence-corrected chi connectivity index (χ4v) is 2.18. The molecule has 0 aliphatic carbocycles. The zero-order valence-electron chi connectivity index (χ0n) is 10.3. The van der Waals surface area contributed by atoms with Gasteiger partial charge >= 0.3 is 6.03 Å².